The van der Waals surface area contributed by atoms with E-state index < -0.39 is 0 Å². The van der Waals surface area contributed by atoms with Gasteiger partial charge in [-0.3, -0.25) is 10.1 Å². The summed E-state index contributed by atoms with van der Waals surface area (Å²) in [7, 11) is 0. The highest BCUT2D eigenvalue weighted by atomic mass is 16.5. The van der Waals surface area contributed by atoms with E-state index in [-0.39, 0.29) is 11.8 Å². The molecule has 120 valence electrons. The molecule has 0 radical (unpaired) electrons. The standard InChI is InChI=1S/C18H20N2O3/c1-11(2)10-22-15-7-5-6-14(8-15)17(21)20-18-16(9-19)12(3)13(4)23-18/h5-8,11H,10H2,1-4H3,(H,20,21). The number of carbonyl (C=O) groups excluding carboxylic acids is 1. The van der Waals surface area contributed by atoms with Crippen molar-refractivity contribution in [3.05, 3.63) is 46.7 Å². The van der Waals surface area contributed by atoms with Crippen LogP contribution in [-0.2, 0) is 0 Å². The van der Waals surface area contributed by atoms with E-state index in [0.717, 1.165) is 5.56 Å². The Morgan fingerprint density at radius 1 is 1.39 bits per heavy atom. The fourth-order valence-corrected chi connectivity index (χ4v) is 2.01. The summed E-state index contributed by atoms with van der Waals surface area (Å²) < 4.78 is 11.1. The van der Waals surface area contributed by atoms with Crippen LogP contribution in [0.1, 0.15) is 41.1 Å². The number of nitriles is 1. The van der Waals surface area contributed by atoms with Crippen LogP contribution in [0.4, 0.5) is 5.88 Å². The monoisotopic (exact) mass is 312 g/mol. The Kier molecular flexibility index (Phi) is 5.07. The molecule has 0 spiro atoms. The van der Waals surface area contributed by atoms with Gasteiger partial charge in [-0.25, -0.2) is 0 Å². The number of nitrogens with one attached hydrogen (secondary N) is 1. The fourth-order valence-electron chi connectivity index (χ4n) is 2.01. The van der Waals surface area contributed by atoms with E-state index in [4.69, 9.17) is 9.15 Å². The lowest BCUT2D eigenvalue weighted by atomic mass is 10.1. The van der Waals surface area contributed by atoms with Gasteiger partial charge in [0.05, 0.1) is 6.61 Å². The summed E-state index contributed by atoms with van der Waals surface area (Å²) in [4.78, 5) is 12.4. The summed E-state index contributed by atoms with van der Waals surface area (Å²) in [6, 6.07) is 8.98. The molecule has 1 heterocycles. The van der Waals surface area contributed by atoms with E-state index in [0.29, 0.717) is 35.2 Å². The molecule has 0 bridgehead atoms. The van der Waals surface area contributed by atoms with Crippen LogP contribution in [0.3, 0.4) is 0 Å². The Bertz CT molecular complexity index is 754. The topological polar surface area (TPSA) is 75.3 Å². The van der Waals surface area contributed by atoms with E-state index in [1.807, 2.05) is 0 Å². The van der Waals surface area contributed by atoms with Crippen molar-refractivity contribution in [1.29, 1.82) is 5.26 Å². The average molecular weight is 312 g/mol. The van der Waals surface area contributed by atoms with Crippen molar-refractivity contribution in [2.24, 2.45) is 5.92 Å². The van der Waals surface area contributed by atoms with E-state index in [2.05, 4.69) is 25.2 Å². The van der Waals surface area contributed by atoms with E-state index in [1.165, 1.54) is 0 Å². The van der Waals surface area contributed by atoms with Crippen LogP contribution in [0.2, 0.25) is 0 Å². The van der Waals surface area contributed by atoms with Crippen molar-refractivity contribution in [3.63, 3.8) is 0 Å². The Morgan fingerprint density at radius 3 is 2.78 bits per heavy atom. The Labute approximate surface area is 135 Å². The van der Waals surface area contributed by atoms with Gasteiger partial charge in [0.15, 0.2) is 0 Å². The van der Waals surface area contributed by atoms with Gasteiger partial charge in [-0.1, -0.05) is 19.9 Å². The third-order valence-electron chi connectivity index (χ3n) is 3.40. The Balaban J connectivity index is 2.17. The first kappa shape index (κ1) is 16.6. The largest absolute Gasteiger partial charge is 0.493 e. The Morgan fingerprint density at radius 2 is 2.13 bits per heavy atom. The zero-order chi connectivity index (χ0) is 17.0. The molecule has 2 aromatic rings. The van der Waals surface area contributed by atoms with Crippen molar-refractivity contribution in [3.8, 4) is 11.8 Å². The highest BCUT2D eigenvalue weighted by molar-refractivity contribution is 6.04. The average Bonchev–Trinajstić information content (AvgIpc) is 2.79. The second-order valence-electron chi connectivity index (χ2n) is 5.79. The molecule has 0 fully saturated rings. The minimum absolute atomic E-state index is 0.181. The van der Waals surface area contributed by atoms with Gasteiger partial charge in [0, 0.05) is 11.1 Å². The summed E-state index contributed by atoms with van der Waals surface area (Å²) in [6.07, 6.45) is 0. The number of hydrogen-bond donors (Lipinski definition) is 1. The first-order chi connectivity index (χ1) is 10.9. The predicted octanol–water partition coefficient (Wildman–Crippen LogP) is 4.06. The number of hydrogen-bond acceptors (Lipinski definition) is 4. The number of nitrogens with zero attached hydrogens (tertiary/aromatic N) is 1. The molecule has 0 unspecified atom stereocenters. The van der Waals surface area contributed by atoms with Crippen molar-refractivity contribution in [1.82, 2.24) is 0 Å². The summed E-state index contributed by atoms with van der Waals surface area (Å²) in [5.74, 6) is 1.50. The number of amides is 1. The molecule has 0 saturated carbocycles. The van der Waals surface area contributed by atoms with Gasteiger partial charge >= 0.3 is 0 Å². The van der Waals surface area contributed by atoms with Crippen LogP contribution in [0.25, 0.3) is 0 Å². The number of ether oxygens (including phenoxy) is 1. The lowest BCUT2D eigenvalue weighted by molar-refractivity contribution is 0.102. The van der Waals surface area contributed by atoms with E-state index in [1.54, 1.807) is 38.1 Å². The molecule has 5 nitrogen and oxygen atoms in total. The van der Waals surface area contributed by atoms with Crippen molar-refractivity contribution in [2.75, 3.05) is 11.9 Å². The van der Waals surface area contributed by atoms with Gasteiger partial charge in [-0.05, 0) is 38.0 Å². The molecule has 1 N–H and O–H groups in total. The molecule has 23 heavy (non-hydrogen) atoms. The summed E-state index contributed by atoms with van der Waals surface area (Å²) >= 11 is 0. The molecule has 5 heteroatoms. The molecule has 1 amide bonds. The number of rotatable bonds is 5. The first-order valence-electron chi connectivity index (χ1n) is 7.46. The van der Waals surface area contributed by atoms with E-state index >= 15 is 0 Å². The van der Waals surface area contributed by atoms with Gasteiger partial charge in [0.25, 0.3) is 5.91 Å². The zero-order valence-electron chi connectivity index (χ0n) is 13.8. The molecular weight excluding hydrogens is 292 g/mol. The molecule has 1 aromatic carbocycles. The number of carbonyl (C=O) groups is 1. The van der Waals surface area contributed by atoms with E-state index in [9.17, 15) is 10.1 Å². The third kappa shape index (κ3) is 3.92. The maximum atomic E-state index is 12.4. The minimum Gasteiger partial charge on any atom is -0.493 e. The van der Waals surface area contributed by atoms with Crippen molar-refractivity contribution in [2.45, 2.75) is 27.7 Å². The van der Waals surface area contributed by atoms with Crippen LogP contribution >= 0.6 is 0 Å². The number of anilines is 1. The molecule has 0 atom stereocenters. The van der Waals surface area contributed by atoms with Crippen LogP contribution in [-0.4, -0.2) is 12.5 Å². The molecule has 1 aromatic heterocycles. The number of aryl methyl sites for hydroxylation is 1. The van der Waals surface area contributed by atoms with Crippen LogP contribution in [0.5, 0.6) is 5.75 Å². The summed E-state index contributed by atoms with van der Waals surface area (Å²) in [5.41, 5.74) is 1.53. The molecule has 0 aliphatic heterocycles. The van der Waals surface area contributed by atoms with Crippen molar-refractivity contribution < 1.29 is 13.9 Å². The summed E-state index contributed by atoms with van der Waals surface area (Å²) in [5, 5.41) is 11.8. The SMILES string of the molecule is Cc1oc(NC(=O)c2cccc(OCC(C)C)c2)c(C#N)c1C. The normalized spacial score (nSPS) is 10.4. The fraction of sp³-hybridized carbons (Fsp3) is 0.333. The molecule has 0 aliphatic rings. The smallest absolute Gasteiger partial charge is 0.258 e. The predicted molar refractivity (Wildman–Crippen MR) is 87.6 cm³/mol. The van der Waals surface area contributed by atoms with Crippen LogP contribution in [0, 0.1) is 31.1 Å². The zero-order valence-corrected chi connectivity index (χ0v) is 13.8. The highest BCUT2D eigenvalue weighted by Crippen LogP contribution is 2.26. The third-order valence-corrected chi connectivity index (χ3v) is 3.40. The maximum absolute atomic E-state index is 12.4. The number of furan rings is 1. The van der Waals surface area contributed by atoms with Gasteiger partial charge in [-0.2, -0.15) is 5.26 Å². The minimum atomic E-state index is -0.342. The quantitative estimate of drug-likeness (QED) is 0.903. The second-order valence-corrected chi connectivity index (χ2v) is 5.79. The van der Waals surface area contributed by atoms with Gasteiger partial charge in [-0.15, -0.1) is 0 Å². The molecule has 0 saturated heterocycles. The second kappa shape index (κ2) is 7.01. The molecular formula is C18H20N2O3. The van der Waals surface area contributed by atoms with Gasteiger partial charge in [0.2, 0.25) is 5.88 Å². The van der Waals surface area contributed by atoms with Crippen molar-refractivity contribution >= 4 is 11.8 Å². The van der Waals surface area contributed by atoms with Gasteiger partial charge < -0.3 is 9.15 Å². The first-order valence-corrected chi connectivity index (χ1v) is 7.46. The summed E-state index contributed by atoms with van der Waals surface area (Å²) in [6.45, 7) is 8.24. The lowest BCUT2D eigenvalue weighted by Crippen LogP contribution is -2.12. The van der Waals surface area contributed by atoms with Gasteiger partial charge in [0.1, 0.15) is 23.1 Å². The Hall–Kier alpha value is -2.74. The van der Waals surface area contributed by atoms with Crippen LogP contribution in [0.15, 0.2) is 28.7 Å². The van der Waals surface area contributed by atoms with Crippen LogP contribution < -0.4 is 10.1 Å². The highest BCUT2D eigenvalue weighted by Gasteiger charge is 2.17. The molecule has 0 aliphatic carbocycles. The maximum Gasteiger partial charge on any atom is 0.258 e. The number of benzene rings is 1. The molecule has 2 rings (SSSR count). The lowest BCUT2D eigenvalue weighted by Gasteiger charge is -2.09.